The topological polar surface area (TPSA) is 57.4 Å². The molecule has 4 rings (SSSR count). The molecule has 2 aromatic carbocycles. The molecule has 1 aliphatic rings. The van der Waals surface area contributed by atoms with Crippen LogP contribution in [0.3, 0.4) is 0 Å². The number of fused-ring (bicyclic) bond motifs is 1. The van der Waals surface area contributed by atoms with E-state index in [0.717, 1.165) is 22.0 Å². The van der Waals surface area contributed by atoms with E-state index in [1.807, 2.05) is 36.4 Å². The van der Waals surface area contributed by atoms with Crippen molar-refractivity contribution in [2.75, 3.05) is 13.2 Å². The molecule has 0 saturated carbocycles. The van der Waals surface area contributed by atoms with Gasteiger partial charge in [-0.25, -0.2) is 0 Å². The van der Waals surface area contributed by atoms with Crippen LogP contribution >= 0.6 is 39.3 Å². The lowest BCUT2D eigenvalue weighted by Crippen LogP contribution is -1.97. The molecule has 1 aliphatic heterocycles. The van der Waals surface area contributed by atoms with Crippen LogP contribution in [0.1, 0.15) is 12.0 Å². The third-order valence-corrected chi connectivity index (χ3v) is 5.60. The minimum absolute atomic E-state index is 0.483. The molecular weight excluding hydrogens is 440 g/mol. The summed E-state index contributed by atoms with van der Waals surface area (Å²) in [5.41, 5.74) is 1.87. The van der Waals surface area contributed by atoms with Gasteiger partial charge in [0.05, 0.1) is 23.8 Å². The highest BCUT2D eigenvalue weighted by molar-refractivity contribution is 9.10. The van der Waals surface area contributed by atoms with E-state index in [0.29, 0.717) is 46.6 Å². The van der Waals surface area contributed by atoms with Gasteiger partial charge in [0.2, 0.25) is 5.89 Å². The highest BCUT2D eigenvalue weighted by atomic mass is 79.9. The van der Waals surface area contributed by atoms with E-state index in [1.54, 1.807) is 0 Å². The molecule has 1 aromatic heterocycles. The molecule has 0 saturated heterocycles. The second-order valence-corrected chi connectivity index (χ2v) is 7.79. The van der Waals surface area contributed by atoms with Crippen LogP contribution in [0.25, 0.3) is 11.5 Å². The largest absolute Gasteiger partial charge is 0.489 e. The fraction of sp³-hybridized carbons (Fsp3) is 0.222. The molecule has 134 valence electrons. The van der Waals surface area contributed by atoms with Gasteiger partial charge < -0.3 is 13.9 Å². The summed E-state index contributed by atoms with van der Waals surface area (Å²) in [4.78, 5) is 0. The number of halogens is 2. The lowest BCUT2D eigenvalue weighted by molar-refractivity contribution is 0.297. The zero-order chi connectivity index (χ0) is 17.9. The number of rotatable bonds is 4. The van der Waals surface area contributed by atoms with Crippen molar-refractivity contribution < 1.29 is 13.9 Å². The summed E-state index contributed by atoms with van der Waals surface area (Å²) in [6, 6.07) is 11.6. The summed E-state index contributed by atoms with van der Waals surface area (Å²) in [6.45, 7) is 1.24. The van der Waals surface area contributed by atoms with Crippen molar-refractivity contribution in [3.8, 4) is 23.0 Å². The lowest BCUT2D eigenvalue weighted by atomic mass is 10.2. The van der Waals surface area contributed by atoms with E-state index in [9.17, 15) is 0 Å². The maximum Gasteiger partial charge on any atom is 0.277 e. The van der Waals surface area contributed by atoms with Crippen LogP contribution < -0.4 is 9.47 Å². The van der Waals surface area contributed by atoms with E-state index in [-0.39, 0.29) is 0 Å². The van der Waals surface area contributed by atoms with Crippen LogP contribution in [0.4, 0.5) is 0 Å². The van der Waals surface area contributed by atoms with Gasteiger partial charge in [-0.3, -0.25) is 0 Å². The smallest absolute Gasteiger partial charge is 0.277 e. The molecule has 3 aromatic rings. The Bertz CT molecular complexity index is 935. The van der Waals surface area contributed by atoms with Crippen molar-refractivity contribution in [1.29, 1.82) is 0 Å². The maximum atomic E-state index is 6.33. The van der Waals surface area contributed by atoms with Gasteiger partial charge in [0.25, 0.3) is 5.22 Å². The van der Waals surface area contributed by atoms with Gasteiger partial charge >= 0.3 is 0 Å². The molecule has 0 radical (unpaired) electrons. The highest BCUT2D eigenvalue weighted by Crippen LogP contribution is 2.39. The minimum Gasteiger partial charge on any atom is -0.489 e. The van der Waals surface area contributed by atoms with Gasteiger partial charge in [0.1, 0.15) is 0 Å². The molecule has 0 spiro atoms. The van der Waals surface area contributed by atoms with Crippen molar-refractivity contribution in [3.63, 3.8) is 0 Å². The van der Waals surface area contributed by atoms with E-state index in [1.165, 1.54) is 11.8 Å². The minimum atomic E-state index is 0.483. The Morgan fingerprint density at radius 1 is 1.12 bits per heavy atom. The van der Waals surface area contributed by atoms with Gasteiger partial charge in [0, 0.05) is 16.6 Å². The Morgan fingerprint density at radius 3 is 2.85 bits per heavy atom. The van der Waals surface area contributed by atoms with E-state index < -0.39 is 0 Å². The summed E-state index contributed by atoms with van der Waals surface area (Å²) in [5.74, 6) is 2.42. The molecule has 8 heteroatoms. The maximum absolute atomic E-state index is 6.33. The predicted octanol–water partition coefficient (Wildman–Crippen LogP) is 5.61. The first-order valence-corrected chi connectivity index (χ1v) is 10.2. The summed E-state index contributed by atoms with van der Waals surface area (Å²) in [7, 11) is 0. The molecular formula is C18H14BrClN2O3S. The number of hydrogen-bond donors (Lipinski definition) is 0. The number of nitrogens with zero attached hydrogens (tertiary/aromatic N) is 2. The van der Waals surface area contributed by atoms with Crippen molar-refractivity contribution in [3.05, 3.63) is 51.5 Å². The zero-order valence-electron chi connectivity index (χ0n) is 13.6. The lowest BCUT2D eigenvalue weighted by Gasteiger charge is -2.11. The van der Waals surface area contributed by atoms with Crippen LogP contribution in [0.5, 0.6) is 11.5 Å². The second-order valence-electron chi connectivity index (χ2n) is 5.60. The fourth-order valence-electron chi connectivity index (χ4n) is 2.52. The number of ether oxygens (including phenoxy) is 2. The van der Waals surface area contributed by atoms with Gasteiger partial charge in [-0.15, -0.1) is 10.2 Å². The van der Waals surface area contributed by atoms with Crippen LogP contribution in [0.15, 0.2) is 50.5 Å². The Kier molecular flexibility index (Phi) is 5.38. The first kappa shape index (κ1) is 17.7. The van der Waals surface area contributed by atoms with Gasteiger partial charge in [-0.2, -0.15) is 0 Å². The van der Waals surface area contributed by atoms with Gasteiger partial charge in [-0.05, 0) is 45.8 Å². The Morgan fingerprint density at radius 2 is 1.96 bits per heavy atom. The van der Waals surface area contributed by atoms with E-state index in [4.69, 9.17) is 25.5 Å². The first-order chi connectivity index (χ1) is 12.7. The monoisotopic (exact) mass is 452 g/mol. The quantitative estimate of drug-likeness (QED) is 0.479. The summed E-state index contributed by atoms with van der Waals surface area (Å²) < 4.78 is 18.0. The summed E-state index contributed by atoms with van der Waals surface area (Å²) in [6.07, 6.45) is 0.842. The number of thioether (sulfide) groups is 1. The Hall–Kier alpha value is -1.70. The van der Waals surface area contributed by atoms with Crippen molar-refractivity contribution in [2.45, 2.75) is 17.4 Å². The zero-order valence-corrected chi connectivity index (χ0v) is 16.7. The van der Waals surface area contributed by atoms with Gasteiger partial charge in [-0.1, -0.05) is 35.5 Å². The molecule has 2 heterocycles. The SMILES string of the molecule is Clc1cc(CSc2nnc(-c3ccccc3Br)o2)cc2c1OCCCO2. The first-order valence-electron chi connectivity index (χ1n) is 8.00. The number of aromatic nitrogens is 2. The molecule has 0 atom stereocenters. The fourth-order valence-corrected chi connectivity index (χ4v) is 3.96. The molecule has 0 aliphatic carbocycles. The van der Waals surface area contributed by atoms with Crippen LogP contribution in [-0.4, -0.2) is 23.4 Å². The average molecular weight is 454 g/mol. The van der Waals surface area contributed by atoms with E-state index >= 15 is 0 Å². The van der Waals surface area contributed by atoms with Crippen molar-refractivity contribution >= 4 is 39.3 Å². The molecule has 0 amide bonds. The third-order valence-electron chi connectivity index (χ3n) is 3.73. The number of hydrogen-bond acceptors (Lipinski definition) is 6. The molecule has 26 heavy (non-hydrogen) atoms. The van der Waals surface area contributed by atoms with Gasteiger partial charge in [0.15, 0.2) is 11.5 Å². The summed E-state index contributed by atoms with van der Waals surface area (Å²) >= 11 is 11.3. The molecule has 0 unspecified atom stereocenters. The molecule has 5 nitrogen and oxygen atoms in total. The van der Waals surface area contributed by atoms with Crippen LogP contribution in [0, 0.1) is 0 Å². The number of benzene rings is 2. The van der Waals surface area contributed by atoms with Crippen molar-refractivity contribution in [1.82, 2.24) is 10.2 Å². The molecule has 0 bridgehead atoms. The second kappa shape index (κ2) is 7.90. The Balaban J connectivity index is 1.49. The predicted molar refractivity (Wildman–Crippen MR) is 104 cm³/mol. The summed E-state index contributed by atoms with van der Waals surface area (Å²) in [5, 5.41) is 9.29. The molecule has 0 fully saturated rings. The standard InChI is InChI=1S/C18H14BrClN2O3S/c19-13-5-2-1-4-12(13)17-21-22-18(25-17)26-10-11-8-14(20)16-15(9-11)23-6-3-7-24-16/h1-2,4-5,8-9H,3,6-7,10H2. The molecule has 0 N–H and O–H groups in total. The average Bonchev–Trinajstić information content (AvgIpc) is 2.97. The Labute approximate surface area is 168 Å². The highest BCUT2D eigenvalue weighted by Gasteiger charge is 2.17. The van der Waals surface area contributed by atoms with E-state index in [2.05, 4.69) is 26.1 Å². The third kappa shape index (κ3) is 3.84. The van der Waals surface area contributed by atoms with Crippen molar-refractivity contribution in [2.24, 2.45) is 0 Å². The van der Waals surface area contributed by atoms with Crippen LogP contribution in [-0.2, 0) is 5.75 Å². The van der Waals surface area contributed by atoms with Crippen LogP contribution in [0.2, 0.25) is 5.02 Å². The normalized spacial score (nSPS) is 13.5.